The first kappa shape index (κ1) is 11.0. The van der Waals surface area contributed by atoms with Gasteiger partial charge in [0, 0.05) is 6.54 Å². The van der Waals surface area contributed by atoms with Crippen molar-refractivity contribution in [2.24, 2.45) is 0 Å². The summed E-state index contributed by atoms with van der Waals surface area (Å²) in [6.45, 7) is 2.49. The first-order valence-electron chi connectivity index (χ1n) is 5.83. The highest BCUT2D eigenvalue weighted by atomic mass is 16.6. The van der Waals surface area contributed by atoms with Crippen LogP contribution in [0.3, 0.4) is 0 Å². The van der Waals surface area contributed by atoms with Gasteiger partial charge in [0.15, 0.2) is 0 Å². The van der Waals surface area contributed by atoms with Gasteiger partial charge >= 0.3 is 6.09 Å². The van der Waals surface area contributed by atoms with E-state index in [1.165, 1.54) is 11.1 Å². The van der Waals surface area contributed by atoms with Crippen molar-refractivity contribution in [3.8, 4) is 0 Å². The van der Waals surface area contributed by atoms with Crippen molar-refractivity contribution in [1.29, 1.82) is 0 Å². The SMILES string of the molecule is CCNC(=O)OC1CCCc2ccccc21. The van der Waals surface area contributed by atoms with Gasteiger partial charge in [-0.2, -0.15) is 0 Å². The molecule has 1 aromatic carbocycles. The topological polar surface area (TPSA) is 38.3 Å². The Balaban J connectivity index is 2.10. The fraction of sp³-hybridized carbons (Fsp3) is 0.462. The lowest BCUT2D eigenvalue weighted by molar-refractivity contribution is 0.0879. The molecule has 1 aromatic rings. The van der Waals surface area contributed by atoms with Crippen molar-refractivity contribution in [3.05, 3.63) is 35.4 Å². The minimum absolute atomic E-state index is 0.0727. The van der Waals surface area contributed by atoms with Crippen molar-refractivity contribution in [1.82, 2.24) is 5.32 Å². The number of fused-ring (bicyclic) bond motifs is 1. The third-order valence-corrected chi connectivity index (χ3v) is 2.88. The second kappa shape index (κ2) is 5.01. The largest absolute Gasteiger partial charge is 0.441 e. The molecule has 1 aliphatic rings. The lowest BCUT2D eigenvalue weighted by Crippen LogP contribution is -2.27. The van der Waals surface area contributed by atoms with E-state index in [0.717, 1.165) is 19.3 Å². The first-order valence-corrected chi connectivity index (χ1v) is 5.83. The minimum Gasteiger partial charge on any atom is -0.441 e. The molecule has 0 saturated heterocycles. The zero-order valence-corrected chi connectivity index (χ0v) is 9.53. The summed E-state index contributed by atoms with van der Waals surface area (Å²) in [6, 6.07) is 8.20. The summed E-state index contributed by atoms with van der Waals surface area (Å²) in [5.74, 6) is 0. The van der Waals surface area contributed by atoms with Crippen molar-refractivity contribution in [2.75, 3.05) is 6.54 Å². The van der Waals surface area contributed by atoms with Crippen LogP contribution >= 0.6 is 0 Å². The molecule has 16 heavy (non-hydrogen) atoms. The highest BCUT2D eigenvalue weighted by Gasteiger charge is 2.22. The number of rotatable bonds is 2. The molecule has 0 fully saturated rings. The summed E-state index contributed by atoms with van der Waals surface area (Å²) >= 11 is 0. The Kier molecular flexibility index (Phi) is 3.44. The Morgan fingerprint density at radius 3 is 3.12 bits per heavy atom. The highest BCUT2D eigenvalue weighted by molar-refractivity contribution is 5.67. The highest BCUT2D eigenvalue weighted by Crippen LogP contribution is 2.32. The van der Waals surface area contributed by atoms with Crippen LogP contribution in [-0.2, 0) is 11.2 Å². The summed E-state index contributed by atoms with van der Waals surface area (Å²) in [4.78, 5) is 11.4. The van der Waals surface area contributed by atoms with E-state index in [-0.39, 0.29) is 12.2 Å². The second-order valence-electron chi connectivity index (χ2n) is 4.02. The predicted molar refractivity (Wildman–Crippen MR) is 62.3 cm³/mol. The van der Waals surface area contributed by atoms with E-state index in [1.807, 2.05) is 19.1 Å². The molecule has 0 radical (unpaired) electrons. The summed E-state index contributed by atoms with van der Waals surface area (Å²) < 4.78 is 5.41. The number of alkyl carbamates (subject to hydrolysis) is 1. The van der Waals surface area contributed by atoms with E-state index < -0.39 is 0 Å². The number of carbonyl (C=O) groups excluding carboxylic acids is 1. The van der Waals surface area contributed by atoms with Crippen molar-refractivity contribution in [3.63, 3.8) is 0 Å². The molecular weight excluding hydrogens is 202 g/mol. The summed E-state index contributed by atoms with van der Waals surface area (Å²) in [5.41, 5.74) is 2.48. The van der Waals surface area contributed by atoms with Gasteiger partial charge in [0.05, 0.1) is 0 Å². The molecule has 3 heteroatoms. The number of nitrogens with one attached hydrogen (secondary N) is 1. The maximum atomic E-state index is 11.4. The standard InChI is InChI=1S/C13H17NO2/c1-2-14-13(15)16-12-9-5-7-10-6-3-4-8-11(10)12/h3-4,6,8,12H,2,5,7,9H2,1H3,(H,14,15). The molecule has 0 heterocycles. The van der Waals surface area contributed by atoms with Crippen LogP contribution in [0.1, 0.15) is 37.0 Å². The van der Waals surface area contributed by atoms with Crippen molar-refractivity contribution < 1.29 is 9.53 Å². The number of hydrogen-bond acceptors (Lipinski definition) is 2. The van der Waals surface area contributed by atoms with Crippen LogP contribution in [0.15, 0.2) is 24.3 Å². The lowest BCUT2D eigenvalue weighted by Gasteiger charge is -2.25. The first-order chi connectivity index (χ1) is 7.81. The predicted octanol–water partition coefficient (Wildman–Crippen LogP) is 2.81. The second-order valence-corrected chi connectivity index (χ2v) is 4.02. The Hall–Kier alpha value is -1.51. The van der Waals surface area contributed by atoms with E-state index in [0.29, 0.717) is 6.54 Å². The number of hydrogen-bond donors (Lipinski definition) is 1. The van der Waals surface area contributed by atoms with Crippen LogP contribution in [0.2, 0.25) is 0 Å². The van der Waals surface area contributed by atoms with Gasteiger partial charge in [0.1, 0.15) is 6.10 Å². The molecule has 1 unspecified atom stereocenters. The van der Waals surface area contributed by atoms with Crippen LogP contribution in [0.25, 0.3) is 0 Å². The molecule has 1 N–H and O–H groups in total. The van der Waals surface area contributed by atoms with Gasteiger partial charge < -0.3 is 10.1 Å². The van der Waals surface area contributed by atoms with E-state index in [2.05, 4.69) is 17.4 Å². The van der Waals surface area contributed by atoms with E-state index in [1.54, 1.807) is 0 Å². The van der Waals surface area contributed by atoms with Crippen LogP contribution in [0, 0.1) is 0 Å². The van der Waals surface area contributed by atoms with Gasteiger partial charge in [-0.1, -0.05) is 24.3 Å². The van der Waals surface area contributed by atoms with Gasteiger partial charge in [0.2, 0.25) is 0 Å². The molecule has 1 atom stereocenters. The number of benzene rings is 1. The van der Waals surface area contributed by atoms with Gasteiger partial charge in [-0.05, 0) is 37.3 Å². The third-order valence-electron chi connectivity index (χ3n) is 2.88. The van der Waals surface area contributed by atoms with Crippen LogP contribution < -0.4 is 5.32 Å². The molecule has 0 bridgehead atoms. The maximum absolute atomic E-state index is 11.4. The zero-order chi connectivity index (χ0) is 11.4. The number of ether oxygens (including phenoxy) is 1. The quantitative estimate of drug-likeness (QED) is 0.830. The smallest absolute Gasteiger partial charge is 0.407 e. The number of amides is 1. The minimum atomic E-state index is -0.316. The van der Waals surface area contributed by atoms with Gasteiger partial charge in [-0.15, -0.1) is 0 Å². The fourth-order valence-corrected chi connectivity index (χ4v) is 2.15. The molecule has 86 valence electrons. The van der Waals surface area contributed by atoms with E-state index in [9.17, 15) is 4.79 Å². The Bertz CT molecular complexity index is 376. The van der Waals surface area contributed by atoms with Gasteiger partial charge in [0.25, 0.3) is 0 Å². The number of aryl methyl sites for hydroxylation is 1. The molecule has 0 spiro atoms. The molecular formula is C13H17NO2. The Morgan fingerprint density at radius 2 is 2.31 bits per heavy atom. The average molecular weight is 219 g/mol. The third kappa shape index (κ3) is 2.35. The summed E-state index contributed by atoms with van der Waals surface area (Å²) in [5, 5.41) is 2.66. The van der Waals surface area contributed by atoms with Crippen molar-refractivity contribution in [2.45, 2.75) is 32.3 Å². The van der Waals surface area contributed by atoms with Gasteiger partial charge in [-0.25, -0.2) is 4.79 Å². The molecule has 1 aliphatic carbocycles. The van der Waals surface area contributed by atoms with E-state index >= 15 is 0 Å². The molecule has 0 aromatic heterocycles. The molecule has 1 amide bonds. The summed E-state index contributed by atoms with van der Waals surface area (Å²) in [7, 11) is 0. The summed E-state index contributed by atoms with van der Waals surface area (Å²) in [6.07, 6.45) is 2.71. The van der Waals surface area contributed by atoms with Gasteiger partial charge in [-0.3, -0.25) is 0 Å². The average Bonchev–Trinajstić information content (AvgIpc) is 2.30. The molecule has 0 saturated carbocycles. The zero-order valence-electron chi connectivity index (χ0n) is 9.53. The monoisotopic (exact) mass is 219 g/mol. The van der Waals surface area contributed by atoms with Crippen LogP contribution in [0.5, 0.6) is 0 Å². The maximum Gasteiger partial charge on any atom is 0.407 e. The molecule has 2 rings (SSSR count). The Labute approximate surface area is 95.8 Å². The van der Waals surface area contributed by atoms with Crippen LogP contribution in [-0.4, -0.2) is 12.6 Å². The van der Waals surface area contributed by atoms with Crippen molar-refractivity contribution >= 4 is 6.09 Å². The lowest BCUT2D eigenvalue weighted by atomic mass is 9.89. The van der Waals surface area contributed by atoms with E-state index in [4.69, 9.17) is 4.74 Å². The molecule has 3 nitrogen and oxygen atoms in total. The number of carbonyl (C=O) groups is 1. The molecule has 0 aliphatic heterocycles. The normalized spacial score (nSPS) is 18.7. The van der Waals surface area contributed by atoms with Crippen LogP contribution in [0.4, 0.5) is 4.79 Å². The fourth-order valence-electron chi connectivity index (χ4n) is 2.15. The Morgan fingerprint density at radius 1 is 1.50 bits per heavy atom.